The molecule has 2 aliphatic rings. The Kier molecular flexibility index (Phi) is 2.98. The molecule has 132 valence electrons. The Morgan fingerprint density at radius 2 is 1.92 bits per heavy atom. The summed E-state index contributed by atoms with van der Waals surface area (Å²) in [6.45, 7) is 4.36. The number of hydrogen-bond donors (Lipinski definition) is 0. The van der Waals surface area contributed by atoms with Gasteiger partial charge in [-0.2, -0.15) is 5.10 Å². The SMILES string of the molecule is CC1(C)C2CCC1(c1ncco1)c1nnc(-c3c(F)cccc3F)cc12. The van der Waals surface area contributed by atoms with Crippen LogP contribution in [0.2, 0.25) is 0 Å². The van der Waals surface area contributed by atoms with E-state index < -0.39 is 17.0 Å². The Hall–Kier alpha value is -2.63. The van der Waals surface area contributed by atoms with E-state index in [1.807, 2.05) is 0 Å². The first-order chi connectivity index (χ1) is 12.5. The number of halogens is 2. The fourth-order valence-corrected chi connectivity index (χ4v) is 5.10. The van der Waals surface area contributed by atoms with Crippen molar-refractivity contribution in [2.75, 3.05) is 0 Å². The molecule has 26 heavy (non-hydrogen) atoms. The highest BCUT2D eigenvalue weighted by Crippen LogP contribution is 2.69. The van der Waals surface area contributed by atoms with Gasteiger partial charge in [0, 0.05) is 0 Å². The normalized spacial score (nSPS) is 25.5. The Balaban J connectivity index is 1.74. The van der Waals surface area contributed by atoms with E-state index in [0.29, 0.717) is 5.89 Å². The second-order valence-corrected chi connectivity index (χ2v) is 7.69. The largest absolute Gasteiger partial charge is 0.448 e. The maximum absolute atomic E-state index is 14.2. The molecule has 0 spiro atoms. The summed E-state index contributed by atoms with van der Waals surface area (Å²) in [6, 6.07) is 5.60. The molecule has 6 heteroatoms. The van der Waals surface area contributed by atoms with E-state index in [1.165, 1.54) is 18.2 Å². The van der Waals surface area contributed by atoms with E-state index in [-0.39, 0.29) is 22.6 Å². The van der Waals surface area contributed by atoms with Crippen LogP contribution in [-0.4, -0.2) is 15.2 Å². The van der Waals surface area contributed by atoms with Gasteiger partial charge in [0.2, 0.25) is 5.89 Å². The minimum Gasteiger partial charge on any atom is -0.448 e. The van der Waals surface area contributed by atoms with E-state index >= 15 is 0 Å². The van der Waals surface area contributed by atoms with Crippen LogP contribution in [0.1, 0.15) is 49.8 Å². The highest BCUT2D eigenvalue weighted by atomic mass is 19.1. The molecule has 2 aliphatic carbocycles. The molecule has 1 saturated carbocycles. The number of rotatable bonds is 2. The van der Waals surface area contributed by atoms with Gasteiger partial charge in [0.05, 0.1) is 28.6 Å². The van der Waals surface area contributed by atoms with Crippen molar-refractivity contribution in [3.8, 4) is 11.3 Å². The molecule has 3 aromatic rings. The molecule has 2 atom stereocenters. The number of hydrogen-bond acceptors (Lipinski definition) is 4. The molecule has 2 heterocycles. The molecule has 1 aromatic carbocycles. The van der Waals surface area contributed by atoms with Gasteiger partial charge < -0.3 is 4.42 Å². The second kappa shape index (κ2) is 4.96. The van der Waals surface area contributed by atoms with Crippen LogP contribution in [-0.2, 0) is 5.41 Å². The Morgan fingerprint density at radius 3 is 2.62 bits per heavy atom. The summed E-state index contributed by atoms with van der Waals surface area (Å²) < 4.78 is 34.1. The van der Waals surface area contributed by atoms with Crippen LogP contribution >= 0.6 is 0 Å². The molecule has 2 aromatic heterocycles. The van der Waals surface area contributed by atoms with Gasteiger partial charge >= 0.3 is 0 Å². The van der Waals surface area contributed by atoms with Crippen molar-refractivity contribution < 1.29 is 13.2 Å². The lowest BCUT2D eigenvalue weighted by atomic mass is 9.68. The number of oxazole rings is 1. The molecular formula is C20H17F2N3O. The molecule has 2 unspecified atom stereocenters. The zero-order valence-corrected chi connectivity index (χ0v) is 14.5. The minimum absolute atomic E-state index is 0.131. The standard InChI is InChI=1S/C20H17F2N3O/c1-19(2)12-6-7-20(19,18-23-8-9-26-18)17-11(12)10-15(24-25-17)16-13(21)4-3-5-14(16)22/h3-5,8-10,12H,6-7H2,1-2H3. The number of aromatic nitrogens is 3. The number of benzene rings is 1. The van der Waals surface area contributed by atoms with Crippen LogP contribution in [0.25, 0.3) is 11.3 Å². The van der Waals surface area contributed by atoms with Crippen LogP contribution in [0.15, 0.2) is 41.1 Å². The van der Waals surface area contributed by atoms with Crippen molar-refractivity contribution in [1.82, 2.24) is 15.2 Å². The summed E-state index contributed by atoms with van der Waals surface area (Å²) in [7, 11) is 0. The van der Waals surface area contributed by atoms with Gasteiger partial charge in [-0.1, -0.05) is 19.9 Å². The zero-order valence-electron chi connectivity index (χ0n) is 14.5. The van der Waals surface area contributed by atoms with E-state index in [0.717, 1.165) is 24.1 Å². The van der Waals surface area contributed by atoms with E-state index in [4.69, 9.17) is 4.42 Å². The number of nitrogens with zero attached hydrogens (tertiary/aromatic N) is 3. The molecule has 1 fully saturated rings. The van der Waals surface area contributed by atoms with Gasteiger partial charge in [0.15, 0.2) is 0 Å². The van der Waals surface area contributed by atoms with E-state index in [9.17, 15) is 8.78 Å². The summed E-state index contributed by atoms with van der Waals surface area (Å²) in [6.07, 6.45) is 5.04. The first-order valence-electron chi connectivity index (χ1n) is 8.69. The van der Waals surface area contributed by atoms with Crippen molar-refractivity contribution in [3.05, 3.63) is 65.5 Å². The third-order valence-corrected chi connectivity index (χ3v) is 6.40. The lowest BCUT2D eigenvalue weighted by Crippen LogP contribution is -2.37. The molecule has 5 rings (SSSR count). The van der Waals surface area contributed by atoms with Gasteiger partial charge in [0.25, 0.3) is 0 Å². The maximum atomic E-state index is 14.2. The molecule has 0 saturated heterocycles. The second-order valence-electron chi connectivity index (χ2n) is 7.69. The van der Waals surface area contributed by atoms with Gasteiger partial charge in [0.1, 0.15) is 17.9 Å². The summed E-state index contributed by atoms with van der Waals surface area (Å²) in [5.74, 6) is -0.412. The van der Waals surface area contributed by atoms with Crippen molar-refractivity contribution in [2.24, 2.45) is 5.41 Å². The highest BCUT2D eigenvalue weighted by molar-refractivity contribution is 5.63. The molecule has 0 aliphatic heterocycles. The molecule has 2 bridgehead atoms. The highest BCUT2D eigenvalue weighted by Gasteiger charge is 2.66. The minimum atomic E-state index is -0.635. The van der Waals surface area contributed by atoms with Crippen LogP contribution < -0.4 is 0 Å². The Bertz CT molecular complexity index is 996. The summed E-state index contributed by atoms with van der Waals surface area (Å²) in [4.78, 5) is 4.42. The smallest absolute Gasteiger partial charge is 0.206 e. The van der Waals surface area contributed by atoms with Crippen molar-refractivity contribution in [3.63, 3.8) is 0 Å². The topological polar surface area (TPSA) is 51.8 Å². The molecule has 0 amide bonds. The Labute approximate surface area is 149 Å². The zero-order chi connectivity index (χ0) is 18.1. The predicted octanol–water partition coefficient (Wildman–Crippen LogP) is 4.61. The third kappa shape index (κ3) is 1.69. The van der Waals surface area contributed by atoms with Gasteiger partial charge in [-0.3, -0.25) is 0 Å². The molecule has 0 radical (unpaired) electrons. The van der Waals surface area contributed by atoms with Crippen molar-refractivity contribution >= 4 is 0 Å². The first-order valence-corrected chi connectivity index (χ1v) is 8.69. The lowest BCUT2D eigenvalue weighted by Gasteiger charge is -2.34. The lowest BCUT2D eigenvalue weighted by molar-refractivity contribution is 0.206. The monoisotopic (exact) mass is 353 g/mol. The fraction of sp³-hybridized carbons (Fsp3) is 0.350. The van der Waals surface area contributed by atoms with Gasteiger partial charge in [-0.05, 0) is 47.9 Å². The molecular weight excluding hydrogens is 336 g/mol. The van der Waals surface area contributed by atoms with Crippen LogP contribution in [0, 0.1) is 17.0 Å². The van der Waals surface area contributed by atoms with E-state index in [2.05, 4.69) is 29.0 Å². The third-order valence-electron chi connectivity index (χ3n) is 6.40. The predicted molar refractivity (Wildman–Crippen MR) is 90.4 cm³/mol. The van der Waals surface area contributed by atoms with Gasteiger partial charge in [-0.25, -0.2) is 13.8 Å². The summed E-state index contributed by atoms with van der Waals surface area (Å²) in [5, 5.41) is 8.62. The van der Waals surface area contributed by atoms with Crippen LogP contribution in [0.4, 0.5) is 8.78 Å². The summed E-state index contributed by atoms with van der Waals surface area (Å²) >= 11 is 0. The average molecular weight is 353 g/mol. The summed E-state index contributed by atoms with van der Waals surface area (Å²) in [5.41, 5.74) is 1.30. The first kappa shape index (κ1) is 15.6. The number of fused-ring (bicyclic) bond motifs is 5. The molecule has 4 nitrogen and oxygen atoms in total. The van der Waals surface area contributed by atoms with E-state index in [1.54, 1.807) is 18.5 Å². The Morgan fingerprint density at radius 1 is 1.15 bits per heavy atom. The van der Waals surface area contributed by atoms with Crippen molar-refractivity contribution in [1.29, 1.82) is 0 Å². The quantitative estimate of drug-likeness (QED) is 0.675. The molecule has 0 N–H and O–H groups in total. The maximum Gasteiger partial charge on any atom is 0.206 e. The average Bonchev–Trinajstić information content (AvgIpc) is 3.26. The van der Waals surface area contributed by atoms with Crippen LogP contribution in [0.5, 0.6) is 0 Å². The van der Waals surface area contributed by atoms with Gasteiger partial charge in [-0.15, -0.1) is 5.10 Å². The van der Waals surface area contributed by atoms with Crippen LogP contribution in [0.3, 0.4) is 0 Å². The fourth-order valence-electron chi connectivity index (χ4n) is 5.10. The van der Waals surface area contributed by atoms with Crippen molar-refractivity contribution in [2.45, 2.75) is 38.0 Å².